The number of hydrogen-bond donors (Lipinski definition) is 2. The zero-order valence-corrected chi connectivity index (χ0v) is 20.4. The Morgan fingerprint density at radius 1 is 1.03 bits per heavy atom. The quantitative estimate of drug-likeness (QED) is 0.594. The third-order valence-corrected chi connectivity index (χ3v) is 6.38. The average Bonchev–Trinajstić information content (AvgIpc) is 2.86. The van der Waals surface area contributed by atoms with Crippen molar-refractivity contribution in [2.75, 3.05) is 19.8 Å². The minimum Gasteiger partial charge on any atom is -0.394 e. The van der Waals surface area contributed by atoms with Gasteiger partial charge in [0.15, 0.2) is 0 Å². The molecule has 5 heteroatoms. The minimum absolute atomic E-state index is 0.0855. The fraction of sp³-hybridized carbons (Fsp3) is 0.500. The molecule has 178 valence electrons. The molecule has 0 unspecified atom stereocenters. The van der Waals surface area contributed by atoms with Crippen molar-refractivity contribution in [2.24, 2.45) is 5.92 Å². The van der Waals surface area contributed by atoms with Gasteiger partial charge in [-0.05, 0) is 54.2 Å². The number of ether oxygens (including phenoxy) is 2. The second kappa shape index (κ2) is 13.1. The van der Waals surface area contributed by atoms with Crippen molar-refractivity contribution in [1.29, 1.82) is 0 Å². The molecule has 0 spiro atoms. The first kappa shape index (κ1) is 25.7. The Morgan fingerprint density at radius 2 is 1.76 bits per heavy atom. The average molecular weight is 471 g/mol. The van der Waals surface area contributed by atoms with Crippen molar-refractivity contribution >= 4 is 11.6 Å². The lowest BCUT2D eigenvalue weighted by atomic mass is 9.94. The molecule has 0 aromatic heterocycles. The Hall–Kier alpha value is -1.87. The maximum Gasteiger partial charge on any atom is 0.0854 e. The largest absolute Gasteiger partial charge is 0.394 e. The van der Waals surface area contributed by atoms with Crippen molar-refractivity contribution in [3.05, 3.63) is 69.7 Å². The van der Waals surface area contributed by atoms with E-state index in [0.29, 0.717) is 30.2 Å². The van der Waals surface area contributed by atoms with Gasteiger partial charge in [-0.15, -0.1) is 0 Å². The molecule has 2 saturated heterocycles. The highest BCUT2D eigenvalue weighted by Crippen LogP contribution is 2.33. The van der Waals surface area contributed by atoms with Crippen LogP contribution in [-0.4, -0.2) is 42.2 Å². The lowest BCUT2D eigenvalue weighted by molar-refractivity contribution is -0.113. The molecule has 2 aliphatic rings. The van der Waals surface area contributed by atoms with Crippen LogP contribution in [0.25, 0.3) is 0 Å². The van der Waals surface area contributed by atoms with Gasteiger partial charge in [-0.25, -0.2) is 0 Å². The summed E-state index contributed by atoms with van der Waals surface area (Å²) in [7, 11) is 0. The van der Waals surface area contributed by atoms with E-state index < -0.39 is 6.10 Å². The van der Waals surface area contributed by atoms with E-state index in [1.807, 2.05) is 26.0 Å². The molecular weight excluding hydrogens is 436 g/mol. The van der Waals surface area contributed by atoms with Crippen molar-refractivity contribution in [2.45, 2.75) is 64.3 Å². The summed E-state index contributed by atoms with van der Waals surface area (Å²) in [5, 5.41) is 20.3. The van der Waals surface area contributed by atoms with Crippen LogP contribution in [0, 0.1) is 17.8 Å². The van der Waals surface area contributed by atoms with E-state index in [1.54, 1.807) is 0 Å². The van der Waals surface area contributed by atoms with E-state index in [0.717, 1.165) is 48.3 Å². The van der Waals surface area contributed by atoms with E-state index >= 15 is 0 Å². The zero-order chi connectivity index (χ0) is 23.6. The maximum atomic E-state index is 10.1. The Kier molecular flexibility index (Phi) is 10.2. The van der Waals surface area contributed by atoms with Gasteiger partial charge in [0.1, 0.15) is 0 Å². The topological polar surface area (TPSA) is 58.9 Å². The standard InChI is InChI=1S/C26H29ClO4.C2H6/c27-25-8-7-21(26-16-23(29)15-24(17-28)31-26)14-22(25)13-20-5-3-18(4-6-20)1-2-19-9-11-30-12-10-19;1-2/h3-8,14,19,23-24,26,28-29H,9-13,15-17H2;1-2H3/t23-,24-,26+;/m0./s1. The first-order valence-corrected chi connectivity index (χ1v) is 12.4. The van der Waals surface area contributed by atoms with E-state index in [-0.39, 0.29) is 18.8 Å². The molecule has 4 nitrogen and oxygen atoms in total. The Bertz CT molecular complexity index is 925. The second-order valence-electron chi connectivity index (χ2n) is 8.44. The van der Waals surface area contributed by atoms with Gasteiger partial charge < -0.3 is 19.7 Å². The van der Waals surface area contributed by atoms with Crippen LogP contribution >= 0.6 is 11.6 Å². The Balaban J connectivity index is 0.00000149. The summed E-state index contributed by atoms with van der Waals surface area (Å²) in [6, 6.07) is 14.2. The van der Waals surface area contributed by atoms with Crippen LogP contribution in [0.2, 0.25) is 5.02 Å². The second-order valence-corrected chi connectivity index (χ2v) is 8.84. The van der Waals surface area contributed by atoms with E-state index in [2.05, 4.69) is 42.2 Å². The molecule has 2 N–H and O–H groups in total. The summed E-state index contributed by atoms with van der Waals surface area (Å²) in [4.78, 5) is 0. The molecule has 2 aliphatic heterocycles. The monoisotopic (exact) mass is 470 g/mol. The van der Waals surface area contributed by atoms with Crippen molar-refractivity contribution in [3.8, 4) is 11.8 Å². The SMILES string of the molecule is CC.OC[C@@H]1C[C@H](O)C[C@H](c2ccc(Cl)c(Cc3ccc(C#CC4CCOCC4)cc3)c2)O1. The highest BCUT2D eigenvalue weighted by atomic mass is 35.5. The summed E-state index contributed by atoms with van der Waals surface area (Å²) in [6.45, 7) is 5.53. The van der Waals surface area contributed by atoms with Gasteiger partial charge in [-0.1, -0.05) is 61.6 Å². The summed E-state index contributed by atoms with van der Waals surface area (Å²) >= 11 is 6.47. The normalized spacial score (nSPS) is 23.1. The third-order valence-electron chi connectivity index (χ3n) is 6.01. The molecule has 2 heterocycles. The maximum absolute atomic E-state index is 10.1. The number of rotatable bonds is 4. The molecule has 2 aromatic rings. The predicted molar refractivity (Wildman–Crippen MR) is 132 cm³/mol. The molecule has 2 fully saturated rings. The molecule has 0 radical (unpaired) electrons. The smallest absolute Gasteiger partial charge is 0.0854 e. The van der Waals surface area contributed by atoms with Gasteiger partial charge in [-0.3, -0.25) is 0 Å². The molecule has 0 bridgehead atoms. The number of aliphatic hydroxyl groups is 2. The van der Waals surface area contributed by atoms with Crippen LogP contribution in [0.5, 0.6) is 0 Å². The number of halogens is 1. The number of hydrogen-bond acceptors (Lipinski definition) is 4. The predicted octanol–water partition coefficient (Wildman–Crippen LogP) is 5.31. The molecule has 0 aliphatic carbocycles. The van der Waals surface area contributed by atoms with E-state index in [9.17, 15) is 10.2 Å². The van der Waals surface area contributed by atoms with Crippen LogP contribution in [0.4, 0.5) is 0 Å². The molecule has 33 heavy (non-hydrogen) atoms. The fourth-order valence-corrected chi connectivity index (χ4v) is 4.39. The van der Waals surface area contributed by atoms with E-state index in [1.165, 1.54) is 0 Å². The van der Waals surface area contributed by atoms with Crippen LogP contribution in [0.1, 0.15) is 67.9 Å². The molecular formula is C28H35ClO4. The molecule has 0 saturated carbocycles. The first-order valence-electron chi connectivity index (χ1n) is 12.0. The molecule has 2 aromatic carbocycles. The van der Waals surface area contributed by atoms with Crippen LogP contribution in [-0.2, 0) is 15.9 Å². The summed E-state index contributed by atoms with van der Waals surface area (Å²) < 4.78 is 11.3. The highest BCUT2D eigenvalue weighted by molar-refractivity contribution is 6.31. The number of aliphatic hydroxyl groups excluding tert-OH is 2. The number of benzene rings is 2. The highest BCUT2D eigenvalue weighted by Gasteiger charge is 2.29. The van der Waals surface area contributed by atoms with Gasteiger partial charge in [0.25, 0.3) is 0 Å². The molecule has 4 rings (SSSR count). The fourth-order valence-electron chi connectivity index (χ4n) is 4.21. The van der Waals surface area contributed by atoms with Gasteiger partial charge in [0.05, 0.1) is 24.9 Å². The van der Waals surface area contributed by atoms with Crippen molar-refractivity contribution in [3.63, 3.8) is 0 Å². The Labute approximate surface area is 202 Å². The summed E-state index contributed by atoms with van der Waals surface area (Å²) in [5.74, 6) is 7.09. The van der Waals surface area contributed by atoms with Crippen LogP contribution in [0.3, 0.4) is 0 Å². The zero-order valence-electron chi connectivity index (χ0n) is 19.6. The molecule has 0 amide bonds. The Morgan fingerprint density at radius 3 is 2.45 bits per heavy atom. The minimum atomic E-state index is -0.468. The van der Waals surface area contributed by atoms with Crippen molar-refractivity contribution < 1.29 is 19.7 Å². The van der Waals surface area contributed by atoms with Gasteiger partial charge in [-0.2, -0.15) is 0 Å². The summed E-state index contributed by atoms with van der Waals surface area (Å²) in [6.07, 6.45) is 2.70. The summed E-state index contributed by atoms with van der Waals surface area (Å²) in [5.41, 5.74) is 4.18. The van der Waals surface area contributed by atoms with Crippen LogP contribution in [0.15, 0.2) is 42.5 Å². The third kappa shape index (κ3) is 7.57. The lowest BCUT2D eigenvalue weighted by Crippen LogP contribution is -2.33. The van der Waals surface area contributed by atoms with Gasteiger partial charge >= 0.3 is 0 Å². The van der Waals surface area contributed by atoms with Gasteiger partial charge in [0, 0.05) is 42.6 Å². The lowest BCUT2D eigenvalue weighted by Gasteiger charge is -2.32. The van der Waals surface area contributed by atoms with Crippen molar-refractivity contribution in [1.82, 2.24) is 0 Å². The van der Waals surface area contributed by atoms with E-state index in [4.69, 9.17) is 21.1 Å². The van der Waals surface area contributed by atoms with Gasteiger partial charge in [0.2, 0.25) is 0 Å². The molecule has 3 atom stereocenters. The van der Waals surface area contributed by atoms with Crippen LogP contribution < -0.4 is 0 Å². The first-order chi connectivity index (χ1) is 16.1.